The zero-order chi connectivity index (χ0) is 23.7. The van der Waals surface area contributed by atoms with Crippen LogP contribution in [0, 0.1) is 19.3 Å². The molecule has 0 radical (unpaired) electrons. The van der Waals surface area contributed by atoms with Gasteiger partial charge in [0.25, 0.3) is 5.56 Å². The highest BCUT2D eigenvalue weighted by molar-refractivity contribution is 5.85. The summed E-state index contributed by atoms with van der Waals surface area (Å²) in [6, 6.07) is 17.7. The summed E-state index contributed by atoms with van der Waals surface area (Å²) in [7, 11) is 2.15. The molecule has 0 spiro atoms. The average Bonchev–Trinajstić information content (AvgIpc) is 2.87. The molecule has 170 valence electrons. The van der Waals surface area contributed by atoms with Crippen LogP contribution >= 0.6 is 0 Å². The summed E-state index contributed by atoms with van der Waals surface area (Å²) in [5, 5.41) is 3.93. The number of likely N-dealkylation sites (N-methyl/N-ethyl adjacent to an activating group) is 1. The number of aromatic nitrogens is 3. The molecule has 5 rings (SSSR count). The molecule has 34 heavy (non-hydrogen) atoms. The first-order chi connectivity index (χ1) is 16.5. The number of para-hydroxylation sites is 1. The summed E-state index contributed by atoms with van der Waals surface area (Å²) in [5.74, 6) is 3.04. The van der Waals surface area contributed by atoms with Crippen LogP contribution in [-0.2, 0) is 0 Å². The zero-order valence-corrected chi connectivity index (χ0v) is 19.3. The summed E-state index contributed by atoms with van der Waals surface area (Å²) in [4.78, 5) is 27.1. The fourth-order valence-corrected chi connectivity index (χ4v) is 4.30. The molecule has 1 saturated heterocycles. The van der Waals surface area contributed by atoms with E-state index < -0.39 is 0 Å². The van der Waals surface area contributed by atoms with E-state index in [0.717, 1.165) is 37.6 Å². The molecule has 1 fully saturated rings. The normalized spacial score (nSPS) is 14.2. The fraction of sp³-hybridized carbons (Fsp3) is 0.222. The second kappa shape index (κ2) is 9.00. The molecule has 0 saturated carbocycles. The molecule has 2 aromatic heterocycles. The highest BCUT2D eigenvalue weighted by Crippen LogP contribution is 2.24. The van der Waals surface area contributed by atoms with Gasteiger partial charge in [-0.2, -0.15) is 4.98 Å². The summed E-state index contributed by atoms with van der Waals surface area (Å²) < 4.78 is 1.59. The average molecular weight is 451 g/mol. The molecule has 7 nitrogen and oxygen atoms in total. The van der Waals surface area contributed by atoms with Crippen LogP contribution < -0.4 is 15.8 Å². The number of nitrogens with zero attached hydrogens (tertiary/aromatic N) is 5. The standard InChI is InChI=1S/C27H26N6O/c1-4-23-19(2)26(34)33(22-8-6-5-7-9-22)25-24(23)18-28-27(30-25)29-20-10-12-21(13-11-20)32-16-14-31(3)15-17-32/h1,5-13,18H,14-17H2,2-3H3,(H,28,29,30). The van der Waals surface area contributed by atoms with E-state index in [9.17, 15) is 4.79 Å². The lowest BCUT2D eigenvalue weighted by molar-refractivity contribution is 0.313. The van der Waals surface area contributed by atoms with Crippen molar-refractivity contribution in [2.45, 2.75) is 6.92 Å². The number of benzene rings is 2. The Bertz CT molecular complexity index is 1430. The Morgan fingerprint density at radius 3 is 2.35 bits per heavy atom. The van der Waals surface area contributed by atoms with Crippen LogP contribution in [0.4, 0.5) is 17.3 Å². The van der Waals surface area contributed by atoms with Crippen molar-refractivity contribution in [3.63, 3.8) is 0 Å². The highest BCUT2D eigenvalue weighted by atomic mass is 16.1. The number of nitrogens with one attached hydrogen (secondary N) is 1. The zero-order valence-electron chi connectivity index (χ0n) is 19.3. The minimum atomic E-state index is -0.187. The number of hydrogen-bond acceptors (Lipinski definition) is 6. The molecule has 0 amide bonds. The van der Waals surface area contributed by atoms with E-state index in [2.05, 4.69) is 45.2 Å². The largest absolute Gasteiger partial charge is 0.369 e. The first kappa shape index (κ1) is 21.7. The van der Waals surface area contributed by atoms with E-state index >= 15 is 0 Å². The maximum absolute atomic E-state index is 13.2. The van der Waals surface area contributed by atoms with Crippen molar-refractivity contribution >= 4 is 28.4 Å². The number of terminal acetylenes is 1. The lowest BCUT2D eigenvalue weighted by Gasteiger charge is -2.34. The van der Waals surface area contributed by atoms with Gasteiger partial charge in [-0.15, -0.1) is 6.42 Å². The molecule has 3 heterocycles. The Balaban J connectivity index is 1.51. The maximum atomic E-state index is 13.2. The third kappa shape index (κ3) is 4.00. The topological polar surface area (TPSA) is 66.3 Å². The molecule has 4 aromatic rings. The van der Waals surface area contributed by atoms with E-state index in [0.29, 0.717) is 28.1 Å². The molecule has 1 aliphatic rings. The van der Waals surface area contributed by atoms with Crippen LogP contribution in [0.2, 0.25) is 0 Å². The summed E-state index contributed by atoms with van der Waals surface area (Å²) >= 11 is 0. The molecule has 1 aliphatic heterocycles. The molecule has 7 heteroatoms. The first-order valence-electron chi connectivity index (χ1n) is 11.3. The number of hydrogen-bond donors (Lipinski definition) is 1. The second-order valence-corrected chi connectivity index (χ2v) is 8.51. The SMILES string of the molecule is C#Cc1c(C)c(=O)n(-c2ccccc2)c2nc(Nc3ccc(N4CCN(C)CC4)cc3)ncc12. The highest BCUT2D eigenvalue weighted by Gasteiger charge is 2.17. The van der Waals surface area contributed by atoms with Gasteiger partial charge < -0.3 is 15.1 Å². The fourth-order valence-electron chi connectivity index (χ4n) is 4.30. The summed E-state index contributed by atoms with van der Waals surface area (Å²) in [5.41, 5.74) is 4.11. The van der Waals surface area contributed by atoms with Crippen LogP contribution in [0.1, 0.15) is 11.1 Å². The Labute approximate surface area is 198 Å². The number of pyridine rings is 1. The smallest absolute Gasteiger partial charge is 0.260 e. The van der Waals surface area contributed by atoms with E-state index in [4.69, 9.17) is 11.4 Å². The molecular formula is C27H26N6O. The van der Waals surface area contributed by atoms with Crippen molar-refractivity contribution in [2.24, 2.45) is 0 Å². The predicted molar refractivity (Wildman–Crippen MR) is 137 cm³/mol. The monoisotopic (exact) mass is 450 g/mol. The maximum Gasteiger partial charge on any atom is 0.260 e. The minimum absolute atomic E-state index is 0.187. The van der Waals surface area contributed by atoms with Crippen LogP contribution in [0.3, 0.4) is 0 Å². The van der Waals surface area contributed by atoms with Crippen LogP contribution in [0.15, 0.2) is 65.6 Å². The van der Waals surface area contributed by atoms with E-state index in [1.807, 2.05) is 42.5 Å². The Kier molecular flexibility index (Phi) is 5.74. The summed E-state index contributed by atoms with van der Waals surface area (Å²) in [6.45, 7) is 5.90. The third-order valence-electron chi connectivity index (χ3n) is 6.30. The minimum Gasteiger partial charge on any atom is -0.369 e. The van der Waals surface area contributed by atoms with Gasteiger partial charge in [-0.3, -0.25) is 9.36 Å². The van der Waals surface area contributed by atoms with Gasteiger partial charge >= 0.3 is 0 Å². The van der Waals surface area contributed by atoms with Gasteiger partial charge in [-0.05, 0) is 50.4 Å². The van der Waals surface area contributed by atoms with Gasteiger partial charge in [0.1, 0.15) is 0 Å². The van der Waals surface area contributed by atoms with Gasteiger partial charge in [-0.25, -0.2) is 4.98 Å². The van der Waals surface area contributed by atoms with Crippen molar-refractivity contribution in [3.8, 4) is 18.0 Å². The lowest BCUT2D eigenvalue weighted by atomic mass is 10.1. The van der Waals surface area contributed by atoms with Crippen molar-refractivity contribution in [1.29, 1.82) is 0 Å². The van der Waals surface area contributed by atoms with Crippen molar-refractivity contribution in [1.82, 2.24) is 19.4 Å². The number of rotatable bonds is 4. The van der Waals surface area contributed by atoms with Gasteiger partial charge in [0.2, 0.25) is 5.95 Å². The third-order valence-corrected chi connectivity index (χ3v) is 6.30. The molecule has 0 aliphatic carbocycles. The van der Waals surface area contributed by atoms with Gasteiger partial charge in [-0.1, -0.05) is 24.1 Å². The van der Waals surface area contributed by atoms with Crippen molar-refractivity contribution < 1.29 is 0 Å². The van der Waals surface area contributed by atoms with Gasteiger partial charge in [0.15, 0.2) is 5.65 Å². The van der Waals surface area contributed by atoms with Crippen LogP contribution in [-0.4, -0.2) is 52.7 Å². The quantitative estimate of drug-likeness (QED) is 0.480. The first-order valence-corrected chi connectivity index (χ1v) is 11.3. The number of piperazine rings is 1. The van der Waals surface area contributed by atoms with E-state index in [1.54, 1.807) is 17.7 Å². The molecular weight excluding hydrogens is 424 g/mol. The summed E-state index contributed by atoms with van der Waals surface area (Å²) in [6.07, 6.45) is 7.43. The second-order valence-electron chi connectivity index (χ2n) is 8.51. The molecule has 0 bridgehead atoms. The predicted octanol–water partition coefficient (Wildman–Crippen LogP) is 3.57. The van der Waals surface area contributed by atoms with Gasteiger partial charge in [0, 0.05) is 54.9 Å². The number of anilines is 3. The molecule has 2 aromatic carbocycles. The van der Waals surface area contributed by atoms with Crippen molar-refractivity contribution in [3.05, 3.63) is 82.3 Å². The van der Waals surface area contributed by atoms with Crippen molar-refractivity contribution in [2.75, 3.05) is 43.4 Å². The molecule has 1 N–H and O–H groups in total. The molecule has 0 unspecified atom stereocenters. The van der Waals surface area contributed by atoms with E-state index in [1.165, 1.54) is 5.69 Å². The van der Waals surface area contributed by atoms with Crippen LogP contribution in [0.25, 0.3) is 16.7 Å². The van der Waals surface area contributed by atoms with Crippen LogP contribution in [0.5, 0.6) is 0 Å². The van der Waals surface area contributed by atoms with E-state index in [-0.39, 0.29) is 5.56 Å². The lowest BCUT2D eigenvalue weighted by Crippen LogP contribution is -2.44. The Hall–Kier alpha value is -4.15. The Morgan fingerprint density at radius 1 is 0.971 bits per heavy atom. The molecule has 0 atom stereocenters. The number of fused-ring (bicyclic) bond motifs is 1. The van der Waals surface area contributed by atoms with Gasteiger partial charge in [0.05, 0.1) is 11.1 Å². The Morgan fingerprint density at radius 2 is 1.68 bits per heavy atom.